The van der Waals surface area contributed by atoms with Crippen LogP contribution in [0.25, 0.3) is 0 Å². The third-order valence-electron chi connectivity index (χ3n) is 5.54. The fourth-order valence-corrected chi connectivity index (χ4v) is 4.37. The third-order valence-corrected chi connectivity index (χ3v) is 6.13. The Morgan fingerprint density at radius 3 is 2.64 bits per heavy atom. The molecule has 5 nitrogen and oxygen atoms in total. The highest BCUT2D eigenvalue weighted by Crippen LogP contribution is 2.29. The SMILES string of the molecule is O=C(COC(=O)c1ccccc1OCc1ccc(Cl)cc1Cl)NC1CCCc2ccccc21. The van der Waals surface area contributed by atoms with Gasteiger partial charge in [0.1, 0.15) is 17.9 Å². The lowest BCUT2D eigenvalue weighted by molar-refractivity contribution is -0.125. The summed E-state index contributed by atoms with van der Waals surface area (Å²) in [7, 11) is 0. The number of halogens is 2. The number of para-hydroxylation sites is 1. The van der Waals surface area contributed by atoms with Gasteiger partial charge in [-0.05, 0) is 54.7 Å². The molecule has 1 atom stereocenters. The van der Waals surface area contributed by atoms with E-state index in [2.05, 4.69) is 11.4 Å². The highest BCUT2D eigenvalue weighted by Gasteiger charge is 2.22. The van der Waals surface area contributed by atoms with Gasteiger partial charge < -0.3 is 14.8 Å². The second kappa shape index (κ2) is 10.7. The fraction of sp³-hybridized carbons (Fsp3) is 0.231. The molecule has 4 rings (SSSR count). The van der Waals surface area contributed by atoms with Crippen molar-refractivity contribution in [3.8, 4) is 5.75 Å². The van der Waals surface area contributed by atoms with Crippen LogP contribution in [0.2, 0.25) is 10.0 Å². The molecule has 0 bridgehead atoms. The van der Waals surface area contributed by atoms with E-state index in [0.717, 1.165) is 30.4 Å². The van der Waals surface area contributed by atoms with Crippen molar-refractivity contribution in [3.63, 3.8) is 0 Å². The Morgan fingerprint density at radius 1 is 1.00 bits per heavy atom. The number of carbonyl (C=O) groups is 2. The summed E-state index contributed by atoms with van der Waals surface area (Å²) < 4.78 is 11.1. The van der Waals surface area contributed by atoms with E-state index in [4.69, 9.17) is 32.7 Å². The molecule has 1 N–H and O–H groups in total. The maximum absolute atomic E-state index is 12.7. The minimum Gasteiger partial charge on any atom is -0.488 e. The number of fused-ring (bicyclic) bond motifs is 1. The number of esters is 1. The predicted octanol–water partition coefficient (Wildman–Crippen LogP) is 5.92. The molecule has 0 spiro atoms. The zero-order chi connectivity index (χ0) is 23.2. The first-order valence-corrected chi connectivity index (χ1v) is 11.5. The number of amides is 1. The normalized spacial score (nSPS) is 14.8. The summed E-state index contributed by atoms with van der Waals surface area (Å²) in [6, 6.07) is 19.9. The molecule has 3 aromatic rings. The van der Waals surface area contributed by atoms with Gasteiger partial charge in [-0.1, -0.05) is 65.7 Å². The van der Waals surface area contributed by atoms with E-state index in [0.29, 0.717) is 15.8 Å². The molecule has 170 valence electrons. The van der Waals surface area contributed by atoms with Crippen LogP contribution in [0.5, 0.6) is 5.75 Å². The smallest absolute Gasteiger partial charge is 0.342 e. The number of aryl methyl sites for hydroxylation is 1. The summed E-state index contributed by atoms with van der Waals surface area (Å²) in [5, 5.41) is 3.99. The third kappa shape index (κ3) is 5.86. The summed E-state index contributed by atoms with van der Waals surface area (Å²) in [5.74, 6) is -0.626. The van der Waals surface area contributed by atoms with Crippen LogP contribution in [0.3, 0.4) is 0 Å². The number of ether oxygens (including phenoxy) is 2. The van der Waals surface area contributed by atoms with Gasteiger partial charge in [-0.2, -0.15) is 0 Å². The van der Waals surface area contributed by atoms with Crippen LogP contribution >= 0.6 is 23.2 Å². The molecule has 1 amide bonds. The van der Waals surface area contributed by atoms with Crippen molar-refractivity contribution < 1.29 is 19.1 Å². The Balaban J connectivity index is 1.35. The van der Waals surface area contributed by atoms with E-state index in [1.807, 2.05) is 18.2 Å². The molecule has 0 aliphatic heterocycles. The van der Waals surface area contributed by atoms with E-state index in [9.17, 15) is 9.59 Å². The van der Waals surface area contributed by atoms with Crippen molar-refractivity contribution in [1.82, 2.24) is 5.32 Å². The first-order chi connectivity index (χ1) is 16.0. The fourth-order valence-electron chi connectivity index (χ4n) is 3.90. The lowest BCUT2D eigenvalue weighted by Crippen LogP contribution is -2.34. The van der Waals surface area contributed by atoms with Crippen LogP contribution in [0, 0.1) is 0 Å². The molecule has 1 aliphatic carbocycles. The minimum atomic E-state index is -0.632. The molecule has 33 heavy (non-hydrogen) atoms. The van der Waals surface area contributed by atoms with Crippen LogP contribution < -0.4 is 10.1 Å². The number of benzene rings is 3. The molecule has 3 aromatic carbocycles. The molecule has 0 heterocycles. The largest absolute Gasteiger partial charge is 0.488 e. The summed E-state index contributed by atoms with van der Waals surface area (Å²) in [6.45, 7) is -0.212. The van der Waals surface area contributed by atoms with E-state index < -0.39 is 5.97 Å². The van der Waals surface area contributed by atoms with E-state index in [1.165, 1.54) is 5.56 Å². The summed E-state index contributed by atoms with van der Waals surface area (Å²) in [6.07, 6.45) is 2.88. The van der Waals surface area contributed by atoms with Gasteiger partial charge in [0, 0.05) is 15.6 Å². The van der Waals surface area contributed by atoms with Gasteiger partial charge in [0.05, 0.1) is 6.04 Å². The molecule has 7 heteroatoms. The Labute approximate surface area is 202 Å². The quantitative estimate of drug-likeness (QED) is 0.423. The van der Waals surface area contributed by atoms with E-state index in [-0.39, 0.29) is 30.7 Å². The monoisotopic (exact) mass is 483 g/mol. The molecule has 0 aromatic heterocycles. The number of hydrogen-bond donors (Lipinski definition) is 1. The zero-order valence-electron chi connectivity index (χ0n) is 17.9. The summed E-state index contributed by atoms with van der Waals surface area (Å²) in [4.78, 5) is 25.1. The lowest BCUT2D eigenvalue weighted by Gasteiger charge is -2.26. The average molecular weight is 484 g/mol. The van der Waals surface area contributed by atoms with Crippen molar-refractivity contribution in [3.05, 3.63) is 99.0 Å². The summed E-state index contributed by atoms with van der Waals surface area (Å²) in [5.41, 5.74) is 3.34. The van der Waals surface area contributed by atoms with Gasteiger partial charge in [-0.25, -0.2) is 4.79 Å². The molecule has 1 aliphatic rings. The first-order valence-electron chi connectivity index (χ1n) is 10.7. The van der Waals surface area contributed by atoms with Crippen molar-refractivity contribution in [2.45, 2.75) is 31.9 Å². The Morgan fingerprint density at radius 2 is 1.79 bits per heavy atom. The van der Waals surface area contributed by atoms with Crippen molar-refractivity contribution in [2.75, 3.05) is 6.61 Å². The number of carbonyl (C=O) groups excluding carboxylic acids is 2. The van der Waals surface area contributed by atoms with Crippen LogP contribution in [0.1, 0.15) is 45.9 Å². The topological polar surface area (TPSA) is 64.6 Å². The van der Waals surface area contributed by atoms with Gasteiger partial charge in [0.25, 0.3) is 5.91 Å². The standard InChI is InChI=1S/C26H23Cl2NO4/c27-19-13-12-18(22(28)14-19)15-32-24-11-4-3-9-21(24)26(31)33-16-25(30)29-23-10-5-7-17-6-1-2-8-20(17)23/h1-4,6,8-9,11-14,23H,5,7,10,15-16H2,(H,29,30). The maximum atomic E-state index is 12.7. The molecular formula is C26H23Cl2NO4. The first kappa shape index (κ1) is 23.1. The molecule has 1 unspecified atom stereocenters. The van der Waals surface area contributed by atoms with Gasteiger partial charge in [0.15, 0.2) is 6.61 Å². The molecular weight excluding hydrogens is 461 g/mol. The number of nitrogens with one attached hydrogen (secondary N) is 1. The maximum Gasteiger partial charge on any atom is 0.342 e. The molecule has 0 fully saturated rings. The van der Waals surface area contributed by atoms with Gasteiger partial charge in [0.2, 0.25) is 0 Å². The second-order valence-electron chi connectivity index (χ2n) is 7.81. The highest BCUT2D eigenvalue weighted by atomic mass is 35.5. The minimum absolute atomic E-state index is 0.0686. The van der Waals surface area contributed by atoms with Crippen molar-refractivity contribution in [2.24, 2.45) is 0 Å². The van der Waals surface area contributed by atoms with Gasteiger partial charge in [-0.3, -0.25) is 4.79 Å². The van der Waals surface area contributed by atoms with Gasteiger partial charge >= 0.3 is 5.97 Å². The highest BCUT2D eigenvalue weighted by molar-refractivity contribution is 6.35. The number of hydrogen-bond acceptors (Lipinski definition) is 4. The average Bonchev–Trinajstić information content (AvgIpc) is 2.82. The van der Waals surface area contributed by atoms with Crippen LogP contribution in [0.4, 0.5) is 0 Å². The second-order valence-corrected chi connectivity index (χ2v) is 8.65. The van der Waals surface area contributed by atoms with Crippen molar-refractivity contribution in [1.29, 1.82) is 0 Å². The molecule has 0 radical (unpaired) electrons. The Hall–Kier alpha value is -3.02. The predicted molar refractivity (Wildman–Crippen MR) is 128 cm³/mol. The van der Waals surface area contributed by atoms with Gasteiger partial charge in [-0.15, -0.1) is 0 Å². The van der Waals surface area contributed by atoms with Crippen molar-refractivity contribution >= 4 is 35.1 Å². The van der Waals surface area contributed by atoms with E-state index in [1.54, 1.807) is 42.5 Å². The van der Waals surface area contributed by atoms with Crippen LogP contribution in [-0.2, 0) is 22.6 Å². The zero-order valence-corrected chi connectivity index (χ0v) is 19.4. The van der Waals surface area contributed by atoms with Crippen LogP contribution in [-0.4, -0.2) is 18.5 Å². The molecule has 0 saturated heterocycles. The lowest BCUT2D eigenvalue weighted by atomic mass is 9.88. The number of rotatable bonds is 7. The Kier molecular flexibility index (Phi) is 7.53. The van der Waals surface area contributed by atoms with E-state index >= 15 is 0 Å². The molecule has 0 saturated carbocycles. The summed E-state index contributed by atoms with van der Waals surface area (Å²) >= 11 is 12.1. The van der Waals surface area contributed by atoms with Crippen LogP contribution in [0.15, 0.2) is 66.7 Å². The Bertz CT molecular complexity index is 1160.